The van der Waals surface area contributed by atoms with E-state index in [-0.39, 0.29) is 5.92 Å². The predicted molar refractivity (Wildman–Crippen MR) is 131 cm³/mol. The Bertz CT molecular complexity index is 1130. The standard InChI is InChI=1S/C24H18Cl4N2O2/c25-19-10-5-11-20(26)21(19)18-14-32-29-22(18)16-8-4-9-17(12-16)30(24(31)23(27)28)13-15-6-2-1-3-7-15/h1-12,18,23H,13-14H2. The van der Waals surface area contributed by atoms with Gasteiger partial charge in [0.2, 0.25) is 0 Å². The number of oxime groups is 1. The highest BCUT2D eigenvalue weighted by atomic mass is 35.5. The van der Waals surface area contributed by atoms with Crippen LogP contribution < -0.4 is 4.90 Å². The van der Waals surface area contributed by atoms with E-state index in [1.807, 2.05) is 54.6 Å². The van der Waals surface area contributed by atoms with Crippen molar-refractivity contribution in [3.05, 3.63) is 99.5 Å². The van der Waals surface area contributed by atoms with E-state index in [2.05, 4.69) is 5.16 Å². The minimum absolute atomic E-state index is 0.237. The van der Waals surface area contributed by atoms with Gasteiger partial charge in [-0.05, 0) is 29.8 Å². The number of amides is 1. The van der Waals surface area contributed by atoms with Gasteiger partial charge in [0.25, 0.3) is 5.91 Å². The highest BCUT2D eigenvalue weighted by Gasteiger charge is 2.31. The molecule has 0 aliphatic carbocycles. The average Bonchev–Trinajstić information content (AvgIpc) is 3.27. The fourth-order valence-electron chi connectivity index (χ4n) is 3.65. The van der Waals surface area contributed by atoms with Gasteiger partial charge >= 0.3 is 0 Å². The van der Waals surface area contributed by atoms with Gasteiger partial charge in [-0.1, -0.05) is 100 Å². The third-order valence-corrected chi connectivity index (χ3v) is 6.20. The molecule has 1 atom stereocenters. The van der Waals surface area contributed by atoms with Crippen molar-refractivity contribution in [3.8, 4) is 0 Å². The summed E-state index contributed by atoms with van der Waals surface area (Å²) in [5.41, 5.74) is 3.81. The van der Waals surface area contributed by atoms with Crippen LogP contribution in [-0.4, -0.2) is 23.1 Å². The number of hydrogen-bond acceptors (Lipinski definition) is 3. The first kappa shape index (κ1) is 22.9. The van der Waals surface area contributed by atoms with Gasteiger partial charge in [-0.2, -0.15) is 0 Å². The van der Waals surface area contributed by atoms with Crippen LogP contribution in [0.15, 0.2) is 78.0 Å². The summed E-state index contributed by atoms with van der Waals surface area (Å²) in [6.07, 6.45) is 0. The summed E-state index contributed by atoms with van der Waals surface area (Å²) in [5.74, 6) is -0.650. The zero-order valence-electron chi connectivity index (χ0n) is 16.7. The number of benzene rings is 3. The number of alkyl halides is 2. The summed E-state index contributed by atoms with van der Waals surface area (Å²) in [5, 5.41) is 5.35. The van der Waals surface area contributed by atoms with Crippen LogP contribution in [0.4, 0.5) is 5.69 Å². The number of carbonyl (C=O) groups excluding carboxylic acids is 1. The van der Waals surface area contributed by atoms with Crippen LogP contribution >= 0.6 is 46.4 Å². The van der Waals surface area contributed by atoms with Gasteiger partial charge in [0.1, 0.15) is 6.61 Å². The Morgan fingerprint density at radius 3 is 2.38 bits per heavy atom. The van der Waals surface area contributed by atoms with E-state index in [1.54, 1.807) is 23.1 Å². The van der Waals surface area contributed by atoms with Crippen molar-refractivity contribution in [2.24, 2.45) is 5.16 Å². The van der Waals surface area contributed by atoms with Crippen LogP contribution in [0.25, 0.3) is 0 Å². The fraction of sp³-hybridized carbons (Fsp3) is 0.167. The highest BCUT2D eigenvalue weighted by molar-refractivity contribution is 6.54. The second kappa shape index (κ2) is 10.1. The number of anilines is 1. The van der Waals surface area contributed by atoms with Gasteiger partial charge in [0.05, 0.1) is 18.2 Å². The first-order valence-electron chi connectivity index (χ1n) is 9.83. The predicted octanol–water partition coefficient (Wildman–Crippen LogP) is 6.85. The van der Waals surface area contributed by atoms with Gasteiger partial charge in [0.15, 0.2) is 4.84 Å². The SMILES string of the molecule is O=C(C(Cl)Cl)N(Cc1ccccc1)c1cccc(C2=NOCC2c2c(Cl)cccc2Cl)c1. The van der Waals surface area contributed by atoms with Crippen LogP contribution in [0.5, 0.6) is 0 Å². The van der Waals surface area contributed by atoms with E-state index in [1.165, 1.54) is 0 Å². The lowest BCUT2D eigenvalue weighted by atomic mass is 9.90. The molecule has 0 radical (unpaired) electrons. The summed E-state index contributed by atoms with van der Waals surface area (Å²) >= 11 is 24.8. The van der Waals surface area contributed by atoms with Gasteiger partial charge < -0.3 is 9.74 Å². The molecule has 1 aliphatic rings. The molecule has 3 aromatic carbocycles. The summed E-state index contributed by atoms with van der Waals surface area (Å²) in [4.78, 5) is 18.6. The molecule has 1 aliphatic heterocycles. The molecule has 4 rings (SSSR count). The molecule has 0 N–H and O–H groups in total. The Hall–Kier alpha value is -2.24. The second-order valence-electron chi connectivity index (χ2n) is 7.22. The van der Waals surface area contributed by atoms with Gasteiger partial charge in [-0.25, -0.2) is 0 Å². The average molecular weight is 508 g/mol. The van der Waals surface area contributed by atoms with Crippen molar-refractivity contribution in [1.82, 2.24) is 0 Å². The topological polar surface area (TPSA) is 41.9 Å². The minimum atomic E-state index is -1.19. The van der Waals surface area contributed by atoms with E-state index in [4.69, 9.17) is 51.2 Å². The summed E-state index contributed by atoms with van der Waals surface area (Å²) < 4.78 is 0. The smallest absolute Gasteiger partial charge is 0.260 e. The van der Waals surface area contributed by atoms with Crippen LogP contribution in [-0.2, 0) is 16.2 Å². The highest BCUT2D eigenvalue weighted by Crippen LogP contribution is 2.37. The molecule has 8 heteroatoms. The molecule has 3 aromatic rings. The maximum absolute atomic E-state index is 12.8. The first-order chi connectivity index (χ1) is 15.5. The largest absolute Gasteiger partial charge is 0.394 e. The van der Waals surface area contributed by atoms with Crippen molar-refractivity contribution in [2.75, 3.05) is 11.5 Å². The third-order valence-electron chi connectivity index (χ3n) is 5.17. The maximum atomic E-state index is 12.8. The lowest BCUT2D eigenvalue weighted by Crippen LogP contribution is -2.34. The van der Waals surface area contributed by atoms with E-state index in [0.29, 0.717) is 34.6 Å². The second-order valence-corrected chi connectivity index (χ2v) is 9.13. The molecular weight excluding hydrogens is 490 g/mol. The van der Waals surface area contributed by atoms with Crippen molar-refractivity contribution in [2.45, 2.75) is 17.3 Å². The molecule has 1 amide bonds. The van der Waals surface area contributed by atoms with Crippen LogP contribution in [0.1, 0.15) is 22.6 Å². The number of nitrogens with zero attached hydrogens (tertiary/aromatic N) is 2. The molecule has 0 saturated carbocycles. The lowest BCUT2D eigenvalue weighted by molar-refractivity contribution is -0.117. The number of hydrogen-bond donors (Lipinski definition) is 0. The van der Waals surface area contributed by atoms with Gasteiger partial charge in [-0.15, -0.1) is 0 Å². The third kappa shape index (κ3) is 4.89. The first-order valence-corrected chi connectivity index (χ1v) is 11.5. The van der Waals surface area contributed by atoms with Crippen molar-refractivity contribution >= 4 is 63.7 Å². The van der Waals surface area contributed by atoms with Gasteiger partial charge in [0, 0.05) is 26.9 Å². The van der Waals surface area contributed by atoms with Crippen LogP contribution in [0.3, 0.4) is 0 Å². The van der Waals surface area contributed by atoms with Crippen molar-refractivity contribution in [3.63, 3.8) is 0 Å². The summed E-state index contributed by atoms with van der Waals surface area (Å²) in [6, 6.07) is 22.4. The molecule has 0 bridgehead atoms. The lowest BCUT2D eigenvalue weighted by Gasteiger charge is -2.24. The molecule has 0 fully saturated rings. The Labute approximate surface area is 206 Å². The fourth-order valence-corrected chi connectivity index (χ4v) is 4.55. The van der Waals surface area contributed by atoms with Crippen molar-refractivity contribution in [1.29, 1.82) is 0 Å². The molecule has 1 heterocycles. The Balaban J connectivity index is 1.70. The maximum Gasteiger partial charge on any atom is 0.260 e. The van der Waals surface area contributed by atoms with Gasteiger partial charge in [-0.3, -0.25) is 4.79 Å². The molecule has 32 heavy (non-hydrogen) atoms. The summed E-state index contributed by atoms with van der Waals surface area (Å²) in [7, 11) is 0. The molecular formula is C24H18Cl4N2O2. The van der Waals surface area contributed by atoms with E-state index in [0.717, 1.165) is 16.7 Å². The molecule has 164 valence electrons. The van der Waals surface area contributed by atoms with E-state index < -0.39 is 10.7 Å². The molecule has 1 unspecified atom stereocenters. The minimum Gasteiger partial charge on any atom is -0.394 e. The Morgan fingerprint density at radius 1 is 1.00 bits per heavy atom. The normalized spacial score (nSPS) is 15.4. The Morgan fingerprint density at radius 2 is 1.69 bits per heavy atom. The molecule has 0 aromatic heterocycles. The van der Waals surface area contributed by atoms with E-state index >= 15 is 0 Å². The number of halogens is 4. The van der Waals surface area contributed by atoms with E-state index in [9.17, 15) is 4.79 Å². The molecule has 0 saturated heterocycles. The number of rotatable bonds is 6. The zero-order chi connectivity index (χ0) is 22.7. The van der Waals surface area contributed by atoms with Crippen LogP contribution in [0.2, 0.25) is 10.0 Å². The number of carbonyl (C=O) groups is 1. The van der Waals surface area contributed by atoms with Crippen LogP contribution in [0, 0.1) is 0 Å². The zero-order valence-corrected chi connectivity index (χ0v) is 19.7. The quantitative estimate of drug-likeness (QED) is 0.342. The summed E-state index contributed by atoms with van der Waals surface area (Å²) in [6.45, 7) is 0.642. The monoisotopic (exact) mass is 506 g/mol. The van der Waals surface area contributed by atoms with Crippen molar-refractivity contribution < 1.29 is 9.63 Å². The molecule has 0 spiro atoms. The molecule has 4 nitrogen and oxygen atoms in total. The Kier molecular flexibility index (Phi) is 7.27.